The van der Waals surface area contributed by atoms with Gasteiger partial charge in [-0.25, -0.2) is 4.98 Å². The van der Waals surface area contributed by atoms with Crippen molar-refractivity contribution in [3.05, 3.63) is 53.2 Å². The molecule has 7 nitrogen and oxygen atoms in total. The minimum absolute atomic E-state index is 0.0493. The third-order valence-corrected chi connectivity index (χ3v) is 5.41. The third kappa shape index (κ3) is 3.47. The number of aliphatic hydroxyl groups is 1. The van der Waals surface area contributed by atoms with Crippen LogP contribution in [-0.2, 0) is 11.3 Å². The van der Waals surface area contributed by atoms with Crippen molar-refractivity contribution in [2.75, 3.05) is 6.61 Å². The van der Waals surface area contributed by atoms with Gasteiger partial charge in [-0.2, -0.15) is 0 Å². The molecule has 2 heterocycles. The number of aliphatic hydroxyl groups excluding tert-OH is 1. The molecule has 1 aliphatic carbocycles. The smallest absolute Gasteiger partial charge is 0.251 e. The molecule has 0 bridgehead atoms. The molecular formula is C20H23N3O4. The van der Waals surface area contributed by atoms with Crippen LogP contribution in [0.5, 0.6) is 0 Å². The van der Waals surface area contributed by atoms with Crippen LogP contribution in [-0.4, -0.2) is 39.5 Å². The average molecular weight is 369 g/mol. The van der Waals surface area contributed by atoms with Gasteiger partial charge in [-0.3, -0.25) is 9.59 Å². The Hall–Kier alpha value is -2.67. The van der Waals surface area contributed by atoms with Gasteiger partial charge in [-0.15, -0.1) is 0 Å². The second-order valence-electron chi connectivity index (χ2n) is 7.17. The Morgan fingerprint density at radius 3 is 2.81 bits per heavy atom. The van der Waals surface area contributed by atoms with Gasteiger partial charge in [0, 0.05) is 24.6 Å². The van der Waals surface area contributed by atoms with Crippen LogP contribution in [0.3, 0.4) is 0 Å². The van der Waals surface area contributed by atoms with E-state index in [0.717, 1.165) is 36.8 Å². The first-order valence-corrected chi connectivity index (χ1v) is 9.40. The van der Waals surface area contributed by atoms with Gasteiger partial charge in [0.05, 0.1) is 12.8 Å². The van der Waals surface area contributed by atoms with E-state index >= 15 is 0 Å². The van der Waals surface area contributed by atoms with Crippen molar-refractivity contribution in [3.8, 4) is 0 Å². The Bertz CT molecular complexity index is 828. The molecule has 2 aliphatic rings. The molecule has 4 rings (SSSR count). The molecule has 0 saturated heterocycles. The number of amides is 2. The monoisotopic (exact) mass is 369 g/mol. The summed E-state index contributed by atoms with van der Waals surface area (Å²) in [5.41, 5.74) is 2.45. The molecule has 1 saturated carbocycles. The molecule has 142 valence electrons. The molecule has 0 spiro atoms. The summed E-state index contributed by atoms with van der Waals surface area (Å²) in [5.74, 6) is 0.344. The number of nitrogens with zero attached hydrogens (tertiary/aromatic N) is 2. The Labute approximate surface area is 157 Å². The van der Waals surface area contributed by atoms with Gasteiger partial charge in [0.25, 0.3) is 5.91 Å². The van der Waals surface area contributed by atoms with Crippen LogP contribution >= 0.6 is 0 Å². The quantitative estimate of drug-likeness (QED) is 0.842. The highest BCUT2D eigenvalue weighted by Crippen LogP contribution is 2.39. The SMILES string of the molecule is O=C(NC1CCCC1)c1ccc2c(c1)CN(C(=O)CCO)[C@H]2c1cnco1. The fourth-order valence-corrected chi connectivity index (χ4v) is 4.07. The number of fused-ring (bicyclic) bond motifs is 1. The number of nitrogens with one attached hydrogen (secondary N) is 1. The molecule has 7 heteroatoms. The molecule has 1 atom stereocenters. The summed E-state index contributed by atoms with van der Waals surface area (Å²) < 4.78 is 5.45. The molecular weight excluding hydrogens is 346 g/mol. The first-order chi connectivity index (χ1) is 13.2. The van der Waals surface area contributed by atoms with E-state index in [-0.39, 0.29) is 36.9 Å². The number of rotatable bonds is 5. The van der Waals surface area contributed by atoms with Gasteiger partial charge in [-0.1, -0.05) is 18.9 Å². The molecule has 1 aromatic carbocycles. The summed E-state index contributed by atoms with van der Waals surface area (Å²) in [4.78, 5) is 30.7. The summed E-state index contributed by atoms with van der Waals surface area (Å²) in [6.07, 6.45) is 7.38. The number of hydrogen-bond donors (Lipinski definition) is 2. The summed E-state index contributed by atoms with van der Waals surface area (Å²) in [6, 6.07) is 5.42. The second-order valence-corrected chi connectivity index (χ2v) is 7.17. The molecule has 1 aromatic heterocycles. The minimum atomic E-state index is -0.381. The molecule has 2 amide bonds. The van der Waals surface area contributed by atoms with Crippen LogP contribution < -0.4 is 5.32 Å². The van der Waals surface area contributed by atoms with Crippen molar-refractivity contribution in [1.29, 1.82) is 0 Å². The zero-order valence-corrected chi connectivity index (χ0v) is 15.1. The zero-order valence-electron chi connectivity index (χ0n) is 15.1. The Kier molecular flexibility index (Phi) is 4.94. The van der Waals surface area contributed by atoms with Gasteiger partial charge in [-0.05, 0) is 36.1 Å². The van der Waals surface area contributed by atoms with Gasteiger partial charge in [0.15, 0.2) is 12.2 Å². The molecule has 0 unspecified atom stereocenters. The third-order valence-electron chi connectivity index (χ3n) is 5.41. The second kappa shape index (κ2) is 7.52. The molecule has 27 heavy (non-hydrogen) atoms. The van der Waals surface area contributed by atoms with Crippen LogP contribution in [0, 0.1) is 0 Å². The largest absolute Gasteiger partial charge is 0.446 e. The van der Waals surface area contributed by atoms with E-state index < -0.39 is 0 Å². The van der Waals surface area contributed by atoms with Crippen molar-refractivity contribution < 1.29 is 19.1 Å². The van der Waals surface area contributed by atoms with Gasteiger partial charge < -0.3 is 19.7 Å². The average Bonchev–Trinajstić information content (AvgIpc) is 3.41. The van der Waals surface area contributed by atoms with Crippen LogP contribution in [0.15, 0.2) is 35.2 Å². The Morgan fingerprint density at radius 2 is 2.11 bits per heavy atom. The minimum Gasteiger partial charge on any atom is -0.446 e. The van der Waals surface area contributed by atoms with Crippen LogP contribution in [0.4, 0.5) is 0 Å². The van der Waals surface area contributed by atoms with Crippen LogP contribution in [0.25, 0.3) is 0 Å². The lowest BCUT2D eigenvalue weighted by atomic mass is 10.00. The van der Waals surface area contributed by atoms with Gasteiger partial charge >= 0.3 is 0 Å². The lowest BCUT2D eigenvalue weighted by Crippen LogP contribution is -2.32. The van der Waals surface area contributed by atoms with Crippen LogP contribution in [0.2, 0.25) is 0 Å². The number of aromatic nitrogens is 1. The maximum atomic E-state index is 12.6. The number of carbonyl (C=O) groups excluding carboxylic acids is 2. The van der Waals surface area contributed by atoms with E-state index in [1.165, 1.54) is 6.39 Å². The molecule has 1 fully saturated rings. The van der Waals surface area contributed by atoms with Crippen molar-refractivity contribution in [3.63, 3.8) is 0 Å². The maximum absolute atomic E-state index is 12.6. The lowest BCUT2D eigenvalue weighted by molar-refractivity contribution is -0.133. The standard InChI is InChI=1S/C20H23N3O4/c24-8-7-18(25)23-11-14-9-13(20(26)22-15-3-1-2-4-15)5-6-16(14)19(23)17-10-21-12-27-17/h5-6,9-10,12,15,19,24H,1-4,7-8,11H2,(H,22,26)/t19-/m1/s1. The van der Waals surface area contributed by atoms with Crippen molar-refractivity contribution in [1.82, 2.24) is 15.2 Å². The molecule has 1 aliphatic heterocycles. The van der Waals surface area contributed by atoms with E-state index in [9.17, 15) is 9.59 Å². The van der Waals surface area contributed by atoms with Gasteiger partial charge in [0.1, 0.15) is 6.04 Å². The van der Waals surface area contributed by atoms with E-state index in [4.69, 9.17) is 9.52 Å². The maximum Gasteiger partial charge on any atom is 0.251 e. The summed E-state index contributed by atoms with van der Waals surface area (Å²) in [6.45, 7) is 0.175. The van der Waals surface area contributed by atoms with Crippen molar-refractivity contribution in [2.24, 2.45) is 0 Å². The van der Waals surface area contributed by atoms with Crippen molar-refractivity contribution in [2.45, 2.75) is 50.7 Å². The predicted octanol–water partition coefficient (Wildman–Crippen LogP) is 2.16. The normalized spacial score (nSPS) is 19.3. The van der Waals surface area contributed by atoms with E-state index in [2.05, 4.69) is 10.3 Å². The topological polar surface area (TPSA) is 95.7 Å². The summed E-state index contributed by atoms with van der Waals surface area (Å²) >= 11 is 0. The molecule has 0 radical (unpaired) electrons. The predicted molar refractivity (Wildman–Crippen MR) is 96.8 cm³/mol. The highest BCUT2D eigenvalue weighted by atomic mass is 16.3. The highest BCUT2D eigenvalue weighted by molar-refractivity contribution is 5.95. The Balaban J connectivity index is 1.61. The molecule has 2 aromatic rings. The van der Waals surface area contributed by atoms with Crippen molar-refractivity contribution >= 4 is 11.8 Å². The van der Waals surface area contributed by atoms with Gasteiger partial charge in [0.2, 0.25) is 5.91 Å². The lowest BCUT2D eigenvalue weighted by Gasteiger charge is -2.23. The first kappa shape index (κ1) is 17.7. The molecule has 2 N–H and O–H groups in total. The number of oxazole rings is 1. The number of hydrogen-bond acceptors (Lipinski definition) is 5. The number of benzene rings is 1. The van der Waals surface area contributed by atoms with Crippen LogP contribution in [0.1, 0.15) is 65.4 Å². The zero-order chi connectivity index (χ0) is 18.8. The van der Waals surface area contributed by atoms with E-state index in [1.807, 2.05) is 12.1 Å². The summed E-state index contributed by atoms with van der Waals surface area (Å²) in [5, 5.41) is 12.2. The van der Waals surface area contributed by atoms with E-state index in [1.54, 1.807) is 17.2 Å². The fraction of sp³-hybridized carbons (Fsp3) is 0.450. The first-order valence-electron chi connectivity index (χ1n) is 9.40. The Morgan fingerprint density at radius 1 is 1.30 bits per heavy atom. The van der Waals surface area contributed by atoms with E-state index in [0.29, 0.717) is 17.9 Å². The fourth-order valence-electron chi connectivity index (χ4n) is 4.07. The highest BCUT2D eigenvalue weighted by Gasteiger charge is 2.36. The number of carbonyl (C=O) groups is 2. The summed E-state index contributed by atoms with van der Waals surface area (Å²) in [7, 11) is 0.